The van der Waals surface area contributed by atoms with Crippen LogP contribution in [0, 0.1) is 6.92 Å². The van der Waals surface area contributed by atoms with E-state index in [1.54, 1.807) is 14.2 Å². The quantitative estimate of drug-likeness (QED) is 0.927. The second kappa shape index (κ2) is 5.77. The lowest BCUT2D eigenvalue weighted by Gasteiger charge is -2.12. The van der Waals surface area contributed by atoms with E-state index in [0.717, 1.165) is 29.1 Å². The van der Waals surface area contributed by atoms with Crippen molar-refractivity contribution < 1.29 is 9.47 Å². The van der Waals surface area contributed by atoms with Gasteiger partial charge in [-0.3, -0.25) is 0 Å². The summed E-state index contributed by atoms with van der Waals surface area (Å²) in [5.74, 6) is 2.67. The highest BCUT2D eigenvalue weighted by Gasteiger charge is 2.12. The second-order valence-corrected chi connectivity index (χ2v) is 4.45. The van der Waals surface area contributed by atoms with Crippen LogP contribution in [0.4, 0.5) is 5.82 Å². The van der Waals surface area contributed by atoms with Crippen LogP contribution in [0.1, 0.15) is 18.3 Å². The number of hydrogen-bond acceptors (Lipinski definition) is 5. The maximum Gasteiger partial charge on any atom is 0.131 e. The standard InChI is InChI=1S/C15H19N3O2/c1-5-13-17-14(9(2)15(16)18-13)10-6-11(19-3)8-12(7-10)20-4/h6-8H,5H2,1-4H3,(H2,16,17,18). The lowest BCUT2D eigenvalue weighted by Crippen LogP contribution is -2.04. The fraction of sp³-hybridized carbons (Fsp3) is 0.333. The number of nitrogen functional groups attached to an aromatic ring is 1. The van der Waals surface area contributed by atoms with Crippen LogP contribution in [0.2, 0.25) is 0 Å². The van der Waals surface area contributed by atoms with Crippen molar-refractivity contribution in [2.24, 2.45) is 0 Å². The van der Waals surface area contributed by atoms with E-state index in [2.05, 4.69) is 9.97 Å². The molecule has 0 saturated carbocycles. The van der Waals surface area contributed by atoms with Crippen molar-refractivity contribution in [2.75, 3.05) is 20.0 Å². The molecule has 0 fully saturated rings. The number of methoxy groups -OCH3 is 2. The summed E-state index contributed by atoms with van der Waals surface area (Å²) < 4.78 is 10.6. The number of benzene rings is 1. The zero-order valence-corrected chi connectivity index (χ0v) is 12.2. The minimum atomic E-state index is 0.508. The van der Waals surface area contributed by atoms with Gasteiger partial charge >= 0.3 is 0 Å². The summed E-state index contributed by atoms with van der Waals surface area (Å²) in [5.41, 5.74) is 8.54. The van der Waals surface area contributed by atoms with E-state index in [4.69, 9.17) is 15.2 Å². The first kappa shape index (κ1) is 14.1. The van der Waals surface area contributed by atoms with Gasteiger partial charge in [-0.1, -0.05) is 6.92 Å². The number of aryl methyl sites for hydroxylation is 1. The highest BCUT2D eigenvalue weighted by atomic mass is 16.5. The largest absolute Gasteiger partial charge is 0.497 e. The molecule has 1 heterocycles. The molecule has 0 aliphatic rings. The molecule has 106 valence electrons. The molecule has 5 nitrogen and oxygen atoms in total. The average Bonchev–Trinajstić information content (AvgIpc) is 2.49. The van der Waals surface area contributed by atoms with Crippen LogP contribution in [0.5, 0.6) is 11.5 Å². The molecule has 0 atom stereocenters. The SMILES string of the molecule is CCc1nc(N)c(C)c(-c2cc(OC)cc(OC)c2)n1. The summed E-state index contributed by atoms with van der Waals surface area (Å²) in [6.45, 7) is 3.91. The minimum absolute atomic E-state index is 0.508. The average molecular weight is 273 g/mol. The first-order valence-corrected chi connectivity index (χ1v) is 6.45. The van der Waals surface area contributed by atoms with E-state index < -0.39 is 0 Å². The Morgan fingerprint density at radius 3 is 2.15 bits per heavy atom. The first-order valence-electron chi connectivity index (χ1n) is 6.45. The van der Waals surface area contributed by atoms with E-state index in [-0.39, 0.29) is 0 Å². The Bertz CT molecular complexity index is 605. The Morgan fingerprint density at radius 1 is 1.05 bits per heavy atom. The molecule has 0 unspecified atom stereocenters. The molecule has 1 aromatic heterocycles. The van der Waals surface area contributed by atoms with Crippen LogP contribution in [0.15, 0.2) is 18.2 Å². The zero-order chi connectivity index (χ0) is 14.7. The van der Waals surface area contributed by atoms with Gasteiger partial charge in [0.1, 0.15) is 23.1 Å². The normalized spacial score (nSPS) is 10.4. The van der Waals surface area contributed by atoms with Crippen LogP contribution in [0.3, 0.4) is 0 Å². The predicted octanol–water partition coefficient (Wildman–Crippen LogP) is 2.61. The van der Waals surface area contributed by atoms with Gasteiger partial charge in [0.25, 0.3) is 0 Å². The number of nitrogens with two attached hydrogens (primary N) is 1. The molecular weight excluding hydrogens is 254 g/mol. The number of nitrogens with zero attached hydrogens (tertiary/aromatic N) is 2. The Labute approximate surface area is 118 Å². The molecule has 0 bridgehead atoms. The molecule has 2 N–H and O–H groups in total. The maximum atomic E-state index is 5.96. The topological polar surface area (TPSA) is 70.3 Å². The van der Waals surface area contributed by atoms with Crippen molar-refractivity contribution in [1.82, 2.24) is 9.97 Å². The molecular formula is C15H19N3O2. The summed E-state index contributed by atoms with van der Waals surface area (Å²) in [4.78, 5) is 8.84. The fourth-order valence-corrected chi connectivity index (χ4v) is 1.97. The van der Waals surface area contributed by atoms with Crippen molar-refractivity contribution in [3.63, 3.8) is 0 Å². The fourth-order valence-electron chi connectivity index (χ4n) is 1.97. The van der Waals surface area contributed by atoms with E-state index in [9.17, 15) is 0 Å². The van der Waals surface area contributed by atoms with Crippen molar-refractivity contribution in [3.8, 4) is 22.8 Å². The second-order valence-electron chi connectivity index (χ2n) is 4.45. The molecule has 20 heavy (non-hydrogen) atoms. The predicted molar refractivity (Wildman–Crippen MR) is 79.1 cm³/mol. The molecule has 5 heteroatoms. The van der Waals surface area contributed by atoms with Crippen molar-refractivity contribution in [1.29, 1.82) is 0 Å². The Hall–Kier alpha value is -2.30. The third-order valence-electron chi connectivity index (χ3n) is 3.17. The van der Waals surface area contributed by atoms with Crippen molar-refractivity contribution in [3.05, 3.63) is 29.6 Å². The lowest BCUT2D eigenvalue weighted by molar-refractivity contribution is 0.394. The highest BCUT2D eigenvalue weighted by molar-refractivity contribution is 5.70. The molecule has 0 aliphatic carbocycles. The van der Waals surface area contributed by atoms with Gasteiger partial charge in [-0.2, -0.15) is 0 Å². The molecule has 0 saturated heterocycles. The van der Waals surface area contributed by atoms with Gasteiger partial charge in [0.2, 0.25) is 0 Å². The van der Waals surface area contributed by atoms with E-state index in [1.165, 1.54) is 0 Å². The summed E-state index contributed by atoms with van der Waals surface area (Å²) >= 11 is 0. The lowest BCUT2D eigenvalue weighted by atomic mass is 10.1. The van der Waals surface area contributed by atoms with Crippen LogP contribution >= 0.6 is 0 Å². The van der Waals surface area contributed by atoms with E-state index in [1.807, 2.05) is 32.0 Å². The Morgan fingerprint density at radius 2 is 1.65 bits per heavy atom. The Balaban J connectivity index is 2.63. The molecule has 0 radical (unpaired) electrons. The molecule has 0 amide bonds. The minimum Gasteiger partial charge on any atom is -0.497 e. The van der Waals surface area contributed by atoms with Gasteiger partial charge < -0.3 is 15.2 Å². The summed E-state index contributed by atoms with van der Waals surface area (Å²) in [7, 11) is 3.24. The van der Waals surface area contributed by atoms with Crippen molar-refractivity contribution in [2.45, 2.75) is 20.3 Å². The van der Waals surface area contributed by atoms with Crippen LogP contribution < -0.4 is 15.2 Å². The van der Waals surface area contributed by atoms with Gasteiger partial charge in [-0.15, -0.1) is 0 Å². The van der Waals surface area contributed by atoms with Gasteiger partial charge in [0, 0.05) is 23.6 Å². The van der Waals surface area contributed by atoms with Gasteiger partial charge in [-0.25, -0.2) is 9.97 Å². The smallest absolute Gasteiger partial charge is 0.131 e. The molecule has 2 aromatic rings. The first-order chi connectivity index (χ1) is 9.58. The highest BCUT2D eigenvalue weighted by Crippen LogP contribution is 2.31. The van der Waals surface area contributed by atoms with Gasteiger partial charge in [0.05, 0.1) is 19.9 Å². The Kier molecular flexibility index (Phi) is 4.08. The van der Waals surface area contributed by atoms with Crippen molar-refractivity contribution >= 4 is 5.82 Å². The van der Waals surface area contributed by atoms with Crippen LogP contribution in [0.25, 0.3) is 11.3 Å². The summed E-state index contributed by atoms with van der Waals surface area (Å²) in [6.07, 6.45) is 0.735. The number of aromatic nitrogens is 2. The number of anilines is 1. The van der Waals surface area contributed by atoms with Gasteiger partial charge in [-0.05, 0) is 19.1 Å². The van der Waals surface area contributed by atoms with E-state index >= 15 is 0 Å². The molecule has 0 aliphatic heterocycles. The van der Waals surface area contributed by atoms with Crippen LogP contribution in [-0.2, 0) is 6.42 Å². The number of hydrogen-bond donors (Lipinski definition) is 1. The van der Waals surface area contributed by atoms with E-state index in [0.29, 0.717) is 17.3 Å². The summed E-state index contributed by atoms with van der Waals surface area (Å²) in [5, 5.41) is 0. The van der Waals surface area contributed by atoms with Gasteiger partial charge in [0.15, 0.2) is 0 Å². The third kappa shape index (κ3) is 2.66. The molecule has 2 rings (SSSR count). The third-order valence-corrected chi connectivity index (χ3v) is 3.17. The zero-order valence-electron chi connectivity index (χ0n) is 12.2. The maximum absolute atomic E-state index is 5.96. The number of rotatable bonds is 4. The van der Waals surface area contributed by atoms with Crippen LogP contribution in [-0.4, -0.2) is 24.2 Å². The monoisotopic (exact) mass is 273 g/mol. The number of ether oxygens (including phenoxy) is 2. The molecule has 0 spiro atoms. The molecule has 1 aromatic carbocycles. The summed E-state index contributed by atoms with van der Waals surface area (Å²) in [6, 6.07) is 5.65.